The van der Waals surface area contributed by atoms with Gasteiger partial charge in [-0.3, -0.25) is 0 Å². The predicted octanol–water partition coefficient (Wildman–Crippen LogP) is 17.2. The van der Waals surface area contributed by atoms with Gasteiger partial charge in [-0.1, -0.05) is 207 Å². The third-order valence-electron chi connectivity index (χ3n) is 16.4. The summed E-state index contributed by atoms with van der Waals surface area (Å²) in [4.78, 5) is 5.41. The van der Waals surface area contributed by atoms with Crippen molar-refractivity contribution >= 4 is 57.2 Å². The molecule has 0 saturated heterocycles. The Bertz CT molecular complexity index is 3030. The van der Waals surface area contributed by atoms with Gasteiger partial charge in [-0.2, -0.15) is 0 Å². The maximum Gasteiger partial charge on any atom is 0.252 e. The zero-order valence-corrected chi connectivity index (χ0v) is 47.5. The standard InChI is InChI=1S/C67H85BN2/c1-60(2,3)42-25-23-41(24-26-42)49-34-43(61(4,5)6)28-30-54(49)70-56-39-51-50(66(19,20)40-67(51,21)22)38-53(56)68-52-29-27-44(62(7,8)9)35-55(52)69(57-36-47(65(16,17)18)37-58(70)59(57)68)48-32-45(63(10,11)12)31-46(33-48)64(13,14)15/h23-39H,40H2,1-22H3. The van der Waals surface area contributed by atoms with Crippen molar-refractivity contribution in [3.05, 3.63) is 148 Å². The Morgan fingerprint density at radius 2 is 0.771 bits per heavy atom. The maximum atomic E-state index is 2.72. The first-order valence-corrected chi connectivity index (χ1v) is 26.5. The molecule has 3 heteroatoms. The average Bonchev–Trinajstić information content (AvgIpc) is 3.41. The Kier molecular flexibility index (Phi) is 11.2. The van der Waals surface area contributed by atoms with E-state index in [-0.39, 0.29) is 50.0 Å². The van der Waals surface area contributed by atoms with Crippen molar-refractivity contribution < 1.29 is 0 Å². The van der Waals surface area contributed by atoms with Crippen LogP contribution in [-0.2, 0) is 43.3 Å². The first kappa shape index (κ1) is 49.9. The molecule has 6 aromatic rings. The van der Waals surface area contributed by atoms with Crippen LogP contribution in [0.1, 0.15) is 203 Å². The van der Waals surface area contributed by atoms with Crippen LogP contribution in [0, 0.1) is 0 Å². The molecule has 0 saturated carbocycles. The van der Waals surface area contributed by atoms with E-state index < -0.39 is 0 Å². The molecule has 6 aromatic carbocycles. The van der Waals surface area contributed by atoms with E-state index in [1.165, 1.54) is 106 Å². The van der Waals surface area contributed by atoms with E-state index >= 15 is 0 Å². The van der Waals surface area contributed by atoms with E-state index in [0.717, 1.165) is 6.42 Å². The fourth-order valence-corrected chi connectivity index (χ4v) is 12.1. The van der Waals surface area contributed by atoms with Gasteiger partial charge in [-0.15, -0.1) is 0 Å². The lowest BCUT2D eigenvalue weighted by Gasteiger charge is -2.46. The Hall–Kier alpha value is -5.02. The number of hydrogen-bond acceptors (Lipinski definition) is 2. The second kappa shape index (κ2) is 15.7. The summed E-state index contributed by atoms with van der Waals surface area (Å²) in [7, 11) is 0. The Labute approximate surface area is 425 Å². The minimum Gasteiger partial charge on any atom is -0.311 e. The van der Waals surface area contributed by atoms with Crippen LogP contribution in [0.5, 0.6) is 0 Å². The van der Waals surface area contributed by atoms with E-state index in [1.807, 2.05) is 0 Å². The van der Waals surface area contributed by atoms with Crippen molar-refractivity contribution in [2.45, 2.75) is 202 Å². The van der Waals surface area contributed by atoms with Crippen molar-refractivity contribution in [1.29, 1.82) is 0 Å². The molecule has 0 fully saturated rings. The van der Waals surface area contributed by atoms with Gasteiger partial charge in [0.05, 0.1) is 5.69 Å². The monoisotopic (exact) mass is 929 g/mol. The number of anilines is 6. The number of fused-ring (bicyclic) bond motifs is 5. The van der Waals surface area contributed by atoms with Gasteiger partial charge in [0.25, 0.3) is 6.71 Å². The number of nitrogens with zero attached hydrogens (tertiary/aromatic N) is 2. The molecule has 0 spiro atoms. The normalized spacial score (nSPS) is 16.5. The summed E-state index contributed by atoms with van der Waals surface area (Å²) in [6.07, 6.45) is 1.11. The third-order valence-corrected chi connectivity index (χ3v) is 16.4. The van der Waals surface area contributed by atoms with E-state index in [0.29, 0.717) is 0 Å². The molecule has 0 bridgehead atoms. The van der Waals surface area contributed by atoms with Gasteiger partial charge < -0.3 is 9.80 Å². The summed E-state index contributed by atoms with van der Waals surface area (Å²) in [5.74, 6) is 0. The Morgan fingerprint density at radius 3 is 1.29 bits per heavy atom. The molecule has 1 aliphatic carbocycles. The minimum absolute atomic E-state index is 0.0195. The summed E-state index contributed by atoms with van der Waals surface area (Å²) >= 11 is 0. The summed E-state index contributed by atoms with van der Waals surface area (Å²) in [5, 5.41) is 0. The second-order valence-electron chi connectivity index (χ2n) is 29.3. The molecule has 2 nitrogen and oxygen atoms in total. The fraction of sp³-hybridized carbons (Fsp3) is 0.463. The Balaban J connectivity index is 1.47. The van der Waals surface area contributed by atoms with Gasteiger partial charge in [0.2, 0.25) is 0 Å². The van der Waals surface area contributed by atoms with Crippen molar-refractivity contribution in [2.75, 3.05) is 9.80 Å². The lowest BCUT2D eigenvalue weighted by Crippen LogP contribution is -2.61. The van der Waals surface area contributed by atoms with Gasteiger partial charge in [0.1, 0.15) is 0 Å². The van der Waals surface area contributed by atoms with Crippen molar-refractivity contribution in [2.24, 2.45) is 0 Å². The topological polar surface area (TPSA) is 6.48 Å². The highest BCUT2D eigenvalue weighted by Crippen LogP contribution is 2.54. The van der Waals surface area contributed by atoms with Crippen molar-refractivity contribution in [3.63, 3.8) is 0 Å². The van der Waals surface area contributed by atoms with Crippen LogP contribution in [-0.4, -0.2) is 6.71 Å². The lowest BCUT2D eigenvalue weighted by atomic mass is 9.33. The predicted molar refractivity (Wildman–Crippen MR) is 309 cm³/mol. The van der Waals surface area contributed by atoms with Crippen LogP contribution in [0.25, 0.3) is 11.1 Å². The molecular formula is C67H85BN2. The number of benzene rings is 6. The second-order valence-corrected chi connectivity index (χ2v) is 29.3. The lowest BCUT2D eigenvalue weighted by molar-refractivity contribution is 0.403. The molecule has 0 radical (unpaired) electrons. The summed E-state index contributed by atoms with van der Waals surface area (Å²) in [6.45, 7) is 52.4. The molecule has 0 N–H and O–H groups in total. The van der Waals surface area contributed by atoms with E-state index in [1.54, 1.807) is 0 Å². The molecular weight excluding hydrogens is 844 g/mol. The van der Waals surface area contributed by atoms with E-state index in [4.69, 9.17) is 0 Å². The minimum atomic E-state index is -0.137. The van der Waals surface area contributed by atoms with Gasteiger partial charge >= 0.3 is 0 Å². The average molecular weight is 929 g/mol. The zero-order chi connectivity index (χ0) is 51.4. The first-order valence-electron chi connectivity index (χ1n) is 26.5. The SMILES string of the molecule is CC(C)(C)c1ccc(-c2cc(C(C)(C)C)ccc2N2c3cc4c(cc3B3c5ccc(C(C)(C)C)cc5N(c5cc(C(C)(C)C)cc(C(C)(C)C)c5)c5cc(C(C)(C)C)cc2c53)C(C)(C)CC4(C)C)cc1. The van der Waals surface area contributed by atoms with E-state index in [2.05, 4.69) is 265 Å². The molecule has 2 aliphatic heterocycles. The smallest absolute Gasteiger partial charge is 0.252 e. The molecule has 0 unspecified atom stereocenters. The molecule has 2 heterocycles. The Morgan fingerprint density at radius 1 is 0.357 bits per heavy atom. The largest absolute Gasteiger partial charge is 0.311 e. The van der Waals surface area contributed by atoms with Gasteiger partial charge in [-0.25, -0.2) is 0 Å². The van der Waals surface area contributed by atoms with E-state index in [9.17, 15) is 0 Å². The molecule has 366 valence electrons. The molecule has 0 aromatic heterocycles. The zero-order valence-electron chi connectivity index (χ0n) is 47.5. The van der Waals surface area contributed by atoms with Gasteiger partial charge in [0.15, 0.2) is 0 Å². The van der Waals surface area contributed by atoms with Gasteiger partial charge in [0, 0.05) is 34.0 Å². The van der Waals surface area contributed by atoms with Crippen LogP contribution in [0.15, 0.2) is 103 Å². The van der Waals surface area contributed by atoms with Crippen LogP contribution in [0.2, 0.25) is 0 Å². The molecule has 0 amide bonds. The highest BCUT2D eigenvalue weighted by Gasteiger charge is 2.49. The van der Waals surface area contributed by atoms with Gasteiger partial charge in [-0.05, 0) is 165 Å². The van der Waals surface area contributed by atoms with Crippen LogP contribution < -0.4 is 26.2 Å². The fourth-order valence-electron chi connectivity index (χ4n) is 12.1. The molecule has 0 atom stereocenters. The highest BCUT2D eigenvalue weighted by atomic mass is 15.2. The number of rotatable bonds is 3. The maximum absolute atomic E-state index is 2.72. The quantitative estimate of drug-likeness (QED) is 0.163. The summed E-state index contributed by atoms with van der Waals surface area (Å²) in [6, 6.07) is 42.4. The van der Waals surface area contributed by atoms with Crippen molar-refractivity contribution in [3.8, 4) is 11.1 Å². The molecule has 70 heavy (non-hydrogen) atoms. The number of hydrogen-bond donors (Lipinski definition) is 0. The molecule has 9 rings (SSSR count). The van der Waals surface area contributed by atoms with Crippen LogP contribution in [0.3, 0.4) is 0 Å². The summed E-state index contributed by atoms with van der Waals surface area (Å²) in [5.41, 5.74) is 25.2. The highest BCUT2D eigenvalue weighted by molar-refractivity contribution is 7.00. The van der Waals surface area contributed by atoms with Crippen LogP contribution in [0.4, 0.5) is 34.1 Å². The first-order chi connectivity index (χ1) is 32.0. The third kappa shape index (κ3) is 8.47. The molecule has 3 aliphatic rings. The summed E-state index contributed by atoms with van der Waals surface area (Å²) < 4.78 is 0. The van der Waals surface area contributed by atoms with Crippen molar-refractivity contribution in [1.82, 2.24) is 0 Å². The van der Waals surface area contributed by atoms with Crippen LogP contribution >= 0.6 is 0 Å².